The van der Waals surface area contributed by atoms with Crippen LogP contribution in [0.4, 0.5) is 0 Å². The molecule has 0 aromatic heterocycles. The molecule has 0 aromatic carbocycles. The van der Waals surface area contributed by atoms with E-state index < -0.39 is 0 Å². The fourth-order valence-electron chi connectivity index (χ4n) is 0.910. The zero-order valence-electron chi connectivity index (χ0n) is 5.72. The number of carbonyl (C=O) groups excluding carboxylic acids is 1. The lowest BCUT2D eigenvalue weighted by Gasteiger charge is -2.08. The van der Waals surface area contributed by atoms with Gasteiger partial charge in [-0.05, 0) is 0 Å². The predicted molar refractivity (Wildman–Crippen MR) is 37.1 cm³/mol. The molecule has 0 aliphatic heterocycles. The Morgan fingerprint density at radius 1 is 1.56 bits per heavy atom. The van der Waals surface area contributed by atoms with Crippen LogP contribution in [0.3, 0.4) is 0 Å². The summed E-state index contributed by atoms with van der Waals surface area (Å²) in [7, 11) is 0. The second-order valence-electron chi connectivity index (χ2n) is 2.92. The Bertz CT molecular complexity index is 185. The molecule has 0 aromatic rings. The normalized spacial score (nSPS) is 21.8. The van der Waals surface area contributed by atoms with Gasteiger partial charge in [0.1, 0.15) is 6.29 Å². The van der Waals surface area contributed by atoms with Gasteiger partial charge in [0.05, 0.1) is 0 Å². The summed E-state index contributed by atoms with van der Waals surface area (Å²) in [6.45, 7) is 4.14. The summed E-state index contributed by atoms with van der Waals surface area (Å²) >= 11 is 0. The number of rotatable bonds is 1. The van der Waals surface area contributed by atoms with Crippen molar-refractivity contribution < 1.29 is 4.79 Å². The Balaban J connectivity index is 2.86. The van der Waals surface area contributed by atoms with Crippen LogP contribution in [0.5, 0.6) is 0 Å². The van der Waals surface area contributed by atoms with Crippen molar-refractivity contribution in [2.24, 2.45) is 5.41 Å². The van der Waals surface area contributed by atoms with E-state index in [1.807, 2.05) is 18.2 Å². The largest absolute Gasteiger partial charge is 0.298 e. The maximum Gasteiger partial charge on any atom is 0.149 e. The van der Waals surface area contributed by atoms with E-state index in [4.69, 9.17) is 0 Å². The Labute approximate surface area is 55.1 Å². The minimum atomic E-state index is 0.0935. The van der Waals surface area contributed by atoms with E-state index in [-0.39, 0.29) is 5.41 Å². The van der Waals surface area contributed by atoms with E-state index in [9.17, 15) is 4.79 Å². The van der Waals surface area contributed by atoms with Crippen LogP contribution in [0.25, 0.3) is 0 Å². The third-order valence-corrected chi connectivity index (χ3v) is 1.38. The standard InChI is InChI=1S/C8H10O/c1-8(2)4-3-7(5-8)6-9/h3-6H,1-2H3. The van der Waals surface area contributed by atoms with Crippen LogP contribution in [-0.4, -0.2) is 6.29 Å². The smallest absolute Gasteiger partial charge is 0.149 e. The minimum Gasteiger partial charge on any atom is -0.298 e. The van der Waals surface area contributed by atoms with Crippen molar-refractivity contribution >= 4 is 6.29 Å². The van der Waals surface area contributed by atoms with Gasteiger partial charge in [-0.1, -0.05) is 32.1 Å². The van der Waals surface area contributed by atoms with Crippen LogP contribution in [0.15, 0.2) is 23.8 Å². The van der Waals surface area contributed by atoms with Crippen LogP contribution in [0.2, 0.25) is 0 Å². The van der Waals surface area contributed by atoms with E-state index in [0.29, 0.717) is 0 Å². The summed E-state index contributed by atoms with van der Waals surface area (Å²) in [6.07, 6.45) is 6.72. The Morgan fingerprint density at radius 3 is 2.44 bits per heavy atom. The first kappa shape index (κ1) is 6.27. The van der Waals surface area contributed by atoms with E-state index in [0.717, 1.165) is 11.9 Å². The zero-order valence-corrected chi connectivity index (χ0v) is 5.72. The molecule has 1 aliphatic rings. The lowest BCUT2D eigenvalue weighted by atomic mass is 9.96. The van der Waals surface area contributed by atoms with Gasteiger partial charge < -0.3 is 0 Å². The zero-order chi connectivity index (χ0) is 6.91. The molecule has 0 saturated heterocycles. The van der Waals surface area contributed by atoms with Crippen LogP contribution in [0.1, 0.15) is 13.8 Å². The van der Waals surface area contributed by atoms with Gasteiger partial charge in [-0.2, -0.15) is 0 Å². The maximum atomic E-state index is 10.2. The molecule has 0 atom stereocenters. The Morgan fingerprint density at radius 2 is 2.22 bits per heavy atom. The lowest BCUT2D eigenvalue weighted by Crippen LogP contribution is -1.97. The monoisotopic (exact) mass is 122 g/mol. The fourth-order valence-corrected chi connectivity index (χ4v) is 0.910. The molecule has 48 valence electrons. The third-order valence-electron chi connectivity index (χ3n) is 1.38. The van der Waals surface area contributed by atoms with Crippen molar-refractivity contribution in [1.29, 1.82) is 0 Å². The topological polar surface area (TPSA) is 17.1 Å². The van der Waals surface area contributed by atoms with Gasteiger partial charge in [0, 0.05) is 11.0 Å². The van der Waals surface area contributed by atoms with Crippen LogP contribution in [0, 0.1) is 5.41 Å². The summed E-state index contributed by atoms with van der Waals surface area (Å²) in [6, 6.07) is 0. The van der Waals surface area contributed by atoms with E-state index in [2.05, 4.69) is 13.8 Å². The molecule has 1 rings (SSSR count). The molecule has 0 spiro atoms. The molecule has 0 bridgehead atoms. The number of hydrogen-bond donors (Lipinski definition) is 0. The lowest BCUT2D eigenvalue weighted by molar-refractivity contribution is -0.104. The highest BCUT2D eigenvalue weighted by atomic mass is 16.1. The molecule has 0 N–H and O–H groups in total. The summed E-state index contributed by atoms with van der Waals surface area (Å²) in [5.41, 5.74) is 0.885. The molecule has 1 aliphatic carbocycles. The van der Waals surface area contributed by atoms with Gasteiger partial charge in [-0.15, -0.1) is 0 Å². The molecular weight excluding hydrogens is 112 g/mol. The highest BCUT2D eigenvalue weighted by Crippen LogP contribution is 2.26. The summed E-state index contributed by atoms with van der Waals surface area (Å²) in [4.78, 5) is 10.2. The van der Waals surface area contributed by atoms with Gasteiger partial charge in [-0.3, -0.25) is 4.79 Å². The molecular formula is C8H10O. The van der Waals surface area contributed by atoms with Crippen molar-refractivity contribution in [2.75, 3.05) is 0 Å². The predicted octanol–water partition coefficient (Wildman–Crippen LogP) is 1.71. The Hall–Kier alpha value is -0.850. The molecule has 0 amide bonds. The van der Waals surface area contributed by atoms with Gasteiger partial charge in [0.2, 0.25) is 0 Å². The van der Waals surface area contributed by atoms with Crippen molar-refractivity contribution in [1.82, 2.24) is 0 Å². The van der Waals surface area contributed by atoms with E-state index in [1.165, 1.54) is 0 Å². The van der Waals surface area contributed by atoms with Gasteiger partial charge in [-0.25, -0.2) is 0 Å². The molecule has 0 saturated carbocycles. The summed E-state index contributed by atoms with van der Waals surface area (Å²) in [5.74, 6) is 0. The first-order valence-corrected chi connectivity index (χ1v) is 3.01. The second kappa shape index (κ2) is 1.83. The molecule has 9 heavy (non-hydrogen) atoms. The second-order valence-corrected chi connectivity index (χ2v) is 2.92. The van der Waals surface area contributed by atoms with Gasteiger partial charge >= 0.3 is 0 Å². The molecule has 0 heterocycles. The highest BCUT2D eigenvalue weighted by molar-refractivity contribution is 5.79. The quantitative estimate of drug-likeness (QED) is 0.484. The molecule has 0 radical (unpaired) electrons. The minimum absolute atomic E-state index is 0.0935. The molecule has 1 nitrogen and oxygen atoms in total. The highest BCUT2D eigenvalue weighted by Gasteiger charge is 2.15. The number of aldehydes is 1. The van der Waals surface area contributed by atoms with Gasteiger partial charge in [0.25, 0.3) is 0 Å². The van der Waals surface area contributed by atoms with Crippen molar-refractivity contribution in [3.05, 3.63) is 23.8 Å². The fraction of sp³-hybridized carbons (Fsp3) is 0.375. The molecule has 0 unspecified atom stereocenters. The first-order valence-electron chi connectivity index (χ1n) is 3.01. The van der Waals surface area contributed by atoms with Crippen LogP contribution < -0.4 is 0 Å². The number of allylic oxidation sites excluding steroid dienone is 4. The van der Waals surface area contributed by atoms with E-state index >= 15 is 0 Å². The van der Waals surface area contributed by atoms with Crippen molar-refractivity contribution in [3.63, 3.8) is 0 Å². The molecule has 0 fully saturated rings. The third kappa shape index (κ3) is 1.28. The van der Waals surface area contributed by atoms with Crippen LogP contribution >= 0.6 is 0 Å². The Kier molecular flexibility index (Phi) is 1.28. The average molecular weight is 122 g/mol. The van der Waals surface area contributed by atoms with Gasteiger partial charge in [0.15, 0.2) is 0 Å². The van der Waals surface area contributed by atoms with Crippen molar-refractivity contribution in [2.45, 2.75) is 13.8 Å². The number of hydrogen-bond acceptors (Lipinski definition) is 1. The van der Waals surface area contributed by atoms with Crippen LogP contribution in [-0.2, 0) is 4.79 Å². The SMILES string of the molecule is CC1(C)C=CC(C=O)=C1. The summed E-state index contributed by atoms with van der Waals surface area (Å²) < 4.78 is 0. The first-order chi connectivity index (χ1) is 4.14. The molecule has 1 heteroatoms. The average Bonchev–Trinajstić information content (AvgIpc) is 2.10. The number of carbonyl (C=O) groups is 1. The van der Waals surface area contributed by atoms with Crippen molar-refractivity contribution in [3.8, 4) is 0 Å². The summed E-state index contributed by atoms with van der Waals surface area (Å²) in [5, 5.41) is 0. The maximum absolute atomic E-state index is 10.2. The van der Waals surface area contributed by atoms with E-state index in [1.54, 1.807) is 0 Å².